The molecule has 1 rings (SSSR count). The minimum Gasteiger partial charge on any atom is -0.409 e. The van der Waals surface area contributed by atoms with E-state index in [2.05, 4.69) is 22.4 Å². The van der Waals surface area contributed by atoms with Crippen LogP contribution in [0.2, 0.25) is 0 Å². The summed E-state index contributed by atoms with van der Waals surface area (Å²) in [5.74, 6) is 0.964. The maximum Gasteiger partial charge on any atom is 0.156 e. The van der Waals surface area contributed by atoms with E-state index in [1.54, 1.807) is 0 Å². The number of oxime groups is 1. The smallest absolute Gasteiger partial charge is 0.156 e. The number of piperidine rings is 1. The molecule has 5 nitrogen and oxygen atoms in total. The highest BCUT2D eigenvalue weighted by atomic mass is 16.4. The lowest BCUT2D eigenvalue weighted by Crippen LogP contribution is -2.45. The lowest BCUT2D eigenvalue weighted by Gasteiger charge is -2.30. The predicted octanol–water partition coefficient (Wildman–Crippen LogP) is 0.443. The molecule has 5 heteroatoms. The molecule has 0 saturated carbocycles. The zero-order valence-corrected chi connectivity index (χ0v) is 10.3. The van der Waals surface area contributed by atoms with Crippen LogP contribution in [0.5, 0.6) is 0 Å². The summed E-state index contributed by atoms with van der Waals surface area (Å²) >= 11 is 0. The van der Waals surface area contributed by atoms with Gasteiger partial charge in [-0.3, -0.25) is 0 Å². The molecule has 1 fully saturated rings. The van der Waals surface area contributed by atoms with Gasteiger partial charge in [0, 0.05) is 6.54 Å². The van der Waals surface area contributed by atoms with Crippen LogP contribution in [0.15, 0.2) is 5.16 Å². The molecule has 0 radical (unpaired) electrons. The molecule has 4 N–H and O–H groups in total. The zero-order chi connectivity index (χ0) is 12.0. The predicted molar refractivity (Wildman–Crippen MR) is 65.7 cm³/mol. The number of nitrogens with one attached hydrogen (secondary N) is 1. The van der Waals surface area contributed by atoms with Gasteiger partial charge in [0.15, 0.2) is 5.84 Å². The highest BCUT2D eigenvalue weighted by Crippen LogP contribution is 2.14. The summed E-state index contributed by atoms with van der Waals surface area (Å²) in [6, 6.07) is -0.00256. The number of hydrogen-bond acceptors (Lipinski definition) is 4. The highest BCUT2D eigenvalue weighted by molar-refractivity contribution is 5.85. The number of likely N-dealkylation sites (tertiary alicyclic amines) is 1. The van der Waals surface area contributed by atoms with Crippen LogP contribution in [-0.2, 0) is 0 Å². The Bertz CT molecular complexity index is 232. The first-order valence-electron chi connectivity index (χ1n) is 6.06. The van der Waals surface area contributed by atoms with Crippen molar-refractivity contribution < 1.29 is 5.21 Å². The third-order valence-corrected chi connectivity index (χ3v) is 3.26. The van der Waals surface area contributed by atoms with Gasteiger partial charge >= 0.3 is 0 Å². The molecule has 2 unspecified atom stereocenters. The van der Waals surface area contributed by atoms with E-state index >= 15 is 0 Å². The second-order valence-electron chi connectivity index (χ2n) is 4.66. The molecule has 0 amide bonds. The Morgan fingerprint density at radius 2 is 2.44 bits per heavy atom. The van der Waals surface area contributed by atoms with Gasteiger partial charge in [0.1, 0.15) is 0 Å². The van der Waals surface area contributed by atoms with Crippen LogP contribution in [0.4, 0.5) is 0 Å². The molecule has 1 aliphatic rings. The molecule has 0 aromatic heterocycles. The molecule has 0 aliphatic carbocycles. The molecule has 0 aromatic rings. The van der Waals surface area contributed by atoms with E-state index in [1.807, 2.05) is 6.92 Å². The van der Waals surface area contributed by atoms with Crippen molar-refractivity contribution in [1.82, 2.24) is 10.2 Å². The van der Waals surface area contributed by atoms with Crippen LogP contribution < -0.4 is 11.1 Å². The van der Waals surface area contributed by atoms with E-state index in [4.69, 9.17) is 10.9 Å². The van der Waals surface area contributed by atoms with E-state index in [0.29, 0.717) is 5.92 Å². The fraction of sp³-hybridized carbons (Fsp3) is 0.909. The lowest BCUT2D eigenvalue weighted by molar-refractivity contribution is 0.204. The number of hydrogen-bond donors (Lipinski definition) is 3. The molecule has 1 saturated heterocycles. The first-order chi connectivity index (χ1) is 7.67. The summed E-state index contributed by atoms with van der Waals surface area (Å²) in [5.41, 5.74) is 5.60. The third-order valence-electron chi connectivity index (χ3n) is 3.26. The average molecular weight is 228 g/mol. The number of nitrogens with zero attached hydrogens (tertiary/aromatic N) is 2. The Labute approximate surface area is 97.7 Å². The SMILES string of the molecule is CCC(NCC1CCCN(C)C1)C(N)=NO. The van der Waals surface area contributed by atoms with Gasteiger partial charge in [-0.2, -0.15) is 0 Å². The minimum atomic E-state index is -0.00256. The molecule has 1 heterocycles. The molecule has 16 heavy (non-hydrogen) atoms. The summed E-state index contributed by atoms with van der Waals surface area (Å²) in [6.45, 7) is 5.31. The summed E-state index contributed by atoms with van der Waals surface area (Å²) in [5, 5.41) is 15.1. The standard InChI is InChI=1S/C11H24N4O/c1-3-10(11(12)14-16)13-7-9-5-4-6-15(2)8-9/h9-10,13,16H,3-8H2,1-2H3,(H2,12,14). The Morgan fingerprint density at radius 1 is 1.69 bits per heavy atom. The fourth-order valence-electron chi connectivity index (χ4n) is 2.28. The van der Waals surface area contributed by atoms with Crippen LogP contribution >= 0.6 is 0 Å². The zero-order valence-electron chi connectivity index (χ0n) is 10.3. The molecule has 94 valence electrons. The molecule has 1 aliphatic heterocycles. The second-order valence-corrected chi connectivity index (χ2v) is 4.66. The van der Waals surface area contributed by atoms with Crippen LogP contribution in [0.25, 0.3) is 0 Å². The molecule has 0 bridgehead atoms. The van der Waals surface area contributed by atoms with E-state index in [9.17, 15) is 0 Å². The summed E-state index contributed by atoms with van der Waals surface area (Å²) in [7, 11) is 2.16. The van der Waals surface area contributed by atoms with Gasteiger partial charge in [0.2, 0.25) is 0 Å². The Hall–Kier alpha value is -0.810. The molecule has 2 atom stereocenters. The van der Waals surface area contributed by atoms with Gasteiger partial charge in [-0.1, -0.05) is 12.1 Å². The monoisotopic (exact) mass is 228 g/mol. The second kappa shape index (κ2) is 6.70. The van der Waals surface area contributed by atoms with Gasteiger partial charge < -0.3 is 21.2 Å². The summed E-state index contributed by atoms with van der Waals surface area (Å²) in [6.07, 6.45) is 3.38. The molecule has 0 spiro atoms. The summed E-state index contributed by atoms with van der Waals surface area (Å²) < 4.78 is 0. The van der Waals surface area contributed by atoms with Gasteiger partial charge in [0.05, 0.1) is 6.04 Å². The van der Waals surface area contributed by atoms with Crippen LogP contribution in [0.1, 0.15) is 26.2 Å². The van der Waals surface area contributed by atoms with Crippen molar-refractivity contribution in [3.05, 3.63) is 0 Å². The quantitative estimate of drug-likeness (QED) is 0.276. The maximum atomic E-state index is 8.63. The Kier molecular flexibility index (Phi) is 5.55. The van der Waals surface area contributed by atoms with Gasteiger partial charge in [-0.05, 0) is 45.3 Å². The highest BCUT2D eigenvalue weighted by Gasteiger charge is 2.19. The van der Waals surface area contributed by atoms with Gasteiger partial charge in [0.25, 0.3) is 0 Å². The average Bonchev–Trinajstić information content (AvgIpc) is 2.29. The number of nitrogens with two attached hydrogens (primary N) is 1. The van der Waals surface area contributed by atoms with E-state index < -0.39 is 0 Å². The summed E-state index contributed by atoms with van der Waals surface area (Å²) in [4.78, 5) is 2.36. The number of rotatable bonds is 5. The Morgan fingerprint density at radius 3 is 3.00 bits per heavy atom. The van der Waals surface area contributed by atoms with E-state index in [-0.39, 0.29) is 11.9 Å². The molecular weight excluding hydrogens is 204 g/mol. The number of amidine groups is 1. The maximum absolute atomic E-state index is 8.63. The fourth-order valence-corrected chi connectivity index (χ4v) is 2.28. The van der Waals surface area contributed by atoms with Crippen molar-refractivity contribution in [3.63, 3.8) is 0 Å². The van der Waals surface area contributed by atoms with Crippen molar-refractivity contribution in [2.45, 2.75) is 32.2 Å². The van der Waals surface area contributed by atoms with Crippen molar-refractivity contribution in [2.75, 3.05) is 26.7 Å². The van der Waals surface area contributed by atoms with Crippen LogP contribution in [-0.4, -0.2) is 48.7 Å². The molecule has 0 aromatic carbocycles. The lowest BCUT2D eigenvalue weighted by atomic mass is 9.98. The molecular formula is C11H24N4O. The van der Waals surface area contributed by atoms with Crippen molar-refractivity contribution >= 4 is 5.84 Å². The third kappa shape index (κ3) is 3.98. The topological polar surface area (TPSA) is 73.9 Å². The van der Waals surface area contributed by atoms with Crippen molar-refractivity contribution in [1.29, 1.82) is 0 Å². The van der Waals surface area contributed by atoms with Gasteiger partial charge in [-0.25, -0.2) is 0 Å². The van der Waals surface area contributed by atoms with Crippen molar-refractivity contribution in [2.24, 2.45) is 16.8 Å². The van der Waals surface area contributed by atoms with Crippen molar-refractivity contribution in [3.8, 4) is 0 Å². The Balaban J connectivity index is 2.31. The first kappa shape index (κ1) is 13.3. The van der Waals surface area contributed by atoms with Gasteiger partial charge in [-0.15, -0.1) is 0 Å². The van der Waals surface area contributed by atoms with Crippen LogP contribution in [0.3, 0.4) is 0 Å². The normalized spacial score (nSPS) is 25.6. The van der Waals surface area contributed by atoms with E-state index in [1.165, 1.54) is 19.4 Å². The van der Waals surface area contributed by atoms with E-state index in [0.717, 1.165) is 19.5 Å². The minimum absolute atomic E-state index is 0.00256. The van der Waals surface area contributed by atoms with Crippen LogP contribution in [0, 0.1) is 5.92 Å². The largest absolute Gasteiger partial charge is 0.409 e. The first-order valence-corrected chi connectivity index (χ1v) is 6.06.